The summed E-state index contributed by atoms with van der Waals surface area (Å²) in [5, 5.41) is 3.38. The van der Waals surface area contributed by atoms with E-state index in [1.165, 1.54) is 4.68 Å². The van der Waals surface area contributed by atoms with E-state index in [1.54, 1.807) is 30.8 Å². The first kappa shape index (κ1) is 21.4. The number of aromatic nitrogens is 2. The first-order chi connectivity index (χ1) is 15.5. The Kier molecular flexibility index (Phi) is 6.10. The van der Waals surface area contributed by atoms with Crippen molar-refractivity contribution in [2.75, 3.05) is 5.32 Å². The Morgan fingerprint density at radius 3 is 2.16 bits per heavy atom. The van der Waals surface area contributed by atoms with Crippen LogP contribution >= 0.6 is 11.6 Å². The molecule has 5 nitrogen and oxygen atoms in total. The van der Waals surface area contributed by atoms with Gasteiger partial charge in [-0.05, 0) is 42.3 Å². The van der Waals surface area contributed by atoms with Gasteiger partial charge in [-0.3, -0.25) is 14.3 Å². The molecule has 4 rings (SSSR count). The summed E-state index contributed by atoms with van der Waals surface area (Å²) < 4.78 is 3.26. The average molecular weight is 444 g/mol. The number of carbonyl (C=O) groups is 1. The van der Waals surface area contributed by atoms with Crippen LogP contribution in [-0.2, 0) is 11.8 Å². The quantitative estimate of drug-likeness (QED) is 0.335. The maximum atomic E-state index is 13.4. The van der Waals surface area contributed by atoms with Crippen LogP contribution < -0.4 is 10.9 Å². The summed E-state index contributed by atoms with van der Waals surface area (Å²) in [5.74, 6) is -0.387. The number of para-hydroxylation sites is 1. The molecule has 0 atom stereocenters. The summed E-state index contributed by atoms with van der Waals surface area (Å²) in [6, 6.07) is 25.9. The molecule has 0 spiro atoms. The molecule has 0 aliphatic rings. The van der Waals surface area contributed by atoms with Gasteiger partial charge in [-0.25, -0.2) is 4.68 Å². The van der Waals surface area contributed by atoms with Crippen molar-refractivity contribution in [3.63, 3.8) is 0 Å². The molecule has 32 heavy (non-hydrogen) atoms. The van der Waals surface area contributed by atoms with Gasteiger partial charge in [-0.2, -0.15) is 0 Å². The van der Waals surface area contributed by atoms with Gasteiger partial charge in [-0.15, -0.1) is 0 Å². The van der Waals surface area contributed by atoms with E-state index in [4.69, 9.17) is 11.6 Å². The zero-order chi connectivity index (χ0) is 22.7. The molecule has 1 heterocycles. The van der Waals surface area contributed by atoms with Crippen LogP contribution in [0.4, 0.5) is 5.69 Å². The fourth-order valence-electron chi connectivity index (χ4n) is 3.54. The van der Waals surface area contributed by atoms with Crippen LogP contribution in [0.25, 0.3) is 17.3 Å². The highest BCUT2D eigenvalue weighted by Gasteiger charge is 2.21. The zero-order valence-electron chi connectivity index (χ0n) is 17.7. The van der Waals surface area contributed by atoms with Crippen molar-refractivity contribution in [3.05, 3.63) is 117 Å². The lowest BCUT2D eigenvalue weighted by atomic mass is 10.0. The predicted molar refractivity (Wildman–Crippen MR) is 130 cm³/mol. The molecule has 3 aromatic carbocycles. The van der Waals surface area contributed by atoms with Crippen LogP contribution in [0, 0.1) is 6.92 Å². The number of nitrogens with zero attached hydrogens (tertiary/aromatic N) is 2. The number of carbonyl (C=O) groups excluding carboxylic acids is 1. The van der Waals surface area contributed by atoms with Gasteiger partial charge >= 0.3 is 0 Å². The Bertz CT molecular complexity index is 1350. The van der Waals surface area contributed by atoms with Crippen molar-refractivity contribution in [3.8, 4) is 5.69 Å². The lowest BCUT2D eigenvalue weighted by molar-refractivity contribution is -0.111. The number of halogens is 1. The van der Waals surface area contributed by atoms with Gasteiger partial charge in [-0.1, -0.05) is 78.3 Å². The number of benzene rings is 3. The van der Waals surface area contributed by atoms with Gasteiger partial charge in [0, 0.05) is 17.6 Å². The lowest BCUT2D eigenvalue weighted by Gasteiger charge is -2.10. The van der Waals surface area contributed by atoms with Crippen molar-refractivity contribution in [2.45, 2.75) is 6.92 Å². The van der Waals surface area contributed by atoms with Crippen LogP contribution in [0.15, 0.2) is 89.7 Å². The van der Waals surface area contributed by atoms with Crippen LogP contribution in [0.1, 0.15) is 16.8 Å². The maximum Gasteiger partial charge on any atom is 0.295 e. The molecular formula is C26H22ClN3O2. The van der Waals surface area contributed by atoms with Crippen LogP contribution in [-0.4, -0.2) is 15.3 Å². The summed E-state index contributed by atoms with van der Waals surface area (Å²) in [5.41, 5.74) is 3.16. The molecule has 0 aliphatic carbocycles. The Balaban J connectivity index is 1.77. The third-order valence-electron chi connectivity index (χ3n) is 5.33. The monoisotopic (exact) mass is 443 g/mol. The van der Waals surface area contributed by atoms with E-state index < -0.39 is 0 Å². The SMILES string of the molecule is Cc1c(NC(=O)/C(=C/c2ccccc2Cl)c2ccccc2)c(=O)n(-c2ccccc2)n1C. The van der Waals surface area contributed by atoms with Crippen LogP contribution in [0.5, 0.6) is 0 Å². The number of anilines is 1. The van der Waals surface area contributed by atoms with E-state index in [9.17, 15) is 9.59 Å². The molecule has 6 heteroatoms. The minimum Gasteiger partial charge on any atom is -0.316 e. The molecule has 160 valence electrons. The largest absolute Gasteiger partial charge is 0.316 e. The highest BCUT2D eigenvalue weighted by molar-refractivity contribution is 6.34. The predicted octanol–water partition coefficient (Wildman–Crippen LogP) is 5.32. The Hall–Kier alpha value is -3.83. The molecule has 0 saturated carbocycles. The molecule has 1 amide bonds. The molecular weight excluding hydrogens is 422 g/mol. The van der Waals surface area contributed by atoms with E-state index in [0.29, 0.717) is 16.3 Å². The van der Waals surface area contributed by atoms with Gasteiger partial charge in [0.25, 0.3) is 11.5 Å². The van der Waals surface area contributed by atoms with E-state index in [2.05, 4.69) is 5.32 Å². The molecule has 0 fully saturated rings. The molecule has 0 radical (unpaired) electrons. The topological polar surface area (TPSA) is 56.0 Å². The molecule has 4 aromatic rings. The molecule has 1 N–H and O–H groups in total. The molecule has 0 aliphatic heterocycles. The van der Waals surface area contributed by atoms with Crippen molar-refractivity contribution < 1.29 is 4.79 Å². The number of rotatable bonds is 5. The summed E-state index contributed by atoms with van der Waals surface area (Å²) in [7, 11) is 1.79. The lowest BCUT2D eigenvalue weighted by Crippen LogP contribution is -2.23. The average Bonchev–Trinajstić information content (AvgIpc) is 3.02. The summed E-state index contributed by atoms with van der Waals surface area (Å²) in [6.45, 7) is 1.80. The van der Waals surface area contributed by atoms with E-state index >= 15 is 0 Å². The van der Waals surface area contributed by atoms with Crippen LogP contribution in [0.3, 0.4) is 0 Å². The van der Waals surface area contributed by atoms with Crippen LogP contribution in [0.2, 0.25) is 5.02 Å². The normalized spacial score (nSPS) is 11.4. The third kappa shape index (κ3) is 4.15. The highest BCUT2D eigenvalue weighted by atomic mass is 35.5. The summed E-state index contributed by atoms with van der Waals surface area (Å²) in [6.07, 6.45) is 1.74. The Morgan fingerprint density at radius 2 is 1.50 bits per heavy atom. The first-order valence-electron chi connectivity index (χ1n) is 10.1. The smallest absolute Gasteiger partial charge is 0.295 e. The minimum atomic E-state index is -0.387. The van der Waals surface area contributed by atoms with E-state index in [-0.39, 0.29) is 17.2 Å². The summed E-state index contributed by atoms with van der Waals surface area (Å²) in [4.78, 5) is 26.6. The van der Waals surface area contributed by atoms with E-state index in [0.717, 1.165) is 16.8 Å². The minimum absolute atomic E-state index is 0.238. The second kappa shape index (κ2) is 9.12. The second-order valence-corrected chi connectivity index (χ2v) is 7.74. The molecule has 0 saturated heterocycles. The van der Waals surface area contributed by atoms with Crippen molar-refractivity contribution in [2.24, 2.45) is 7.05 Å². The van der Waals surface area contributed by atoms with Gasteiger partial charge in [0.05, 0.1) is 11.4 Å². The molecule has 1 aromatic heterocycles. The Labute approximate surface area is 191 Å². The highest BCUT2D eigenvalue weighted by Crippen LogP contribution is 2.25. The maximum absolute atomic E-state index is 13.4. The van der Waals surface area contributed by atoms with Crippen molar-refractivity contribution >= 4 is 34.8 Å². The Morgan fingerprint density at radius 1 is 0.906 bits per heavy atom. The zero-order valence-corrected chi connectivity index (χ0v) is 18.5. The van der Waals surface area contributed by atoms with Gasteiger partial charge < -0.3 is 5.32 Å². The fraction of sp³-hybridized carbons (Fsp3) is 0.0769. The molecule has 0 unspecified atom stereocenters. The number of hydrogen-bond acceptors (Lipinski definition) is 2. The third-order valence-corrected chi connectivity index (χ3v) is 5.67. The fourth-order valence-corrected chi connectivity index (χ4v) is 3.73. The van der Waals surface area contributed by atoms with E-state index in [1.807, 2.05) is 78.9 Å². The van der Waals surface area contributed by atoms with Crippen molar-refractivity contribution in [1.82, 2.24) is 9.36 Å². The van der Waals surface area contributed by atoms with Gasteiger partial charge in [0.2, 0.25) is 0 Å². The first-order valence-corrected chi connectivity index (χ1v) is 10.5. The number of amides is 1. The van der Waals surface area contributed by atoms with Crippen molar-refractivity contribution in [1.29, 1.82) is 0 Å². The molecule has 0 bridgehead atoms. The summed E-state index contributed by atoms with van der Waals surface area (Å²) >= 11 is 6.33. The number of hydrogen-bond donors (Lipinski definition) is 1. The number of nitrogens with one attached hydrogen (secondary N) is 1. The second-order valence-electron chi connectivity index (χ2n) is 7.34. The standard InChI is InChI=1S/C26H22ClN3O2/c1-18-24(26(32)30(29(18)2)21-14-7-4-8-15-21)28-25(31)22(19-11-5-3-6-12-19)17-20-13-9-10-16-23(20)27/h3-17H,1-2H3,(H,28,31)/b22-17+. The van der Waals surface area contributed by atoms with Gasteiger partial charge in [0.15, 0.2) is 0 Å². The van der Waals surface area contributed by atoms with Gasteiger partial charge in [0.1, 0.15) is 5.69 Å².